The second kappa shape index (κ2) is 9.78. The summed E-state index contributed by atoms with van der Waals surface area (Å²) in [7, 11) is 4.08. The lowest BCUT2D eigenvalue weighted by molar-refractivity contribution is 0.100. The van der Waals surface area contributed by atoms with Crippen molar-refractivity contribution in [1.29, 1.82) is 0 Å². The number of nitrogens with one attached hydrogen (secondary N) is 1. The molecule has 0 aliphatic carbocycles. The number of aromatic nitrogens is 1. The van der Waals surface area contributed by atoms with Crippen LogP contribution in [0.15, 0.2) is 48.7 Å². The summed E-state index contributed by atoms with van der Waals surface area (Å²) in [5, 5.41) is 0.939. The first-order chi connectivity index (χ1) is 13.1. The van der Waals surface area contributed by atoms with Crippen LogP contribution in [0.4, 0.5) is 0 Å². The Balaban J connectivity index is 0.00000126. The largest absolute Gasteiger partial charge is 0.488 e. The van der Waals surface area contributed by atoms with Crippen molar-refractivity contribution in [2.45, 2.75) is 26.9 Å². The highest BCUT2D eigenvalue weighted by atomic mass is 16.5. The lowest BCUT2D eigenvalue weighted by Crippen LogP contribution is -2.15. The van der Waals surface area contributed by atoms with Gasteiger partial charge in [-0.25, -0.2) is 0 Å². The van der Waals surface area contributed by atoms with Crippen LogP contribution >= 0.6 is 0 Å². The second-order valence-corrected chi connectivity index (χ2v) is 6.37. The van der Waals surface area contributed by atoms with Crippen LogP contribution in [0.3, 0.4) is 0 Å². The SMILES string of the molecule is CC.CN(C)CCc1c[nH]c2c(C(N)=O)ccc(OCc3ccccc3)c12. The molecule has 5 nitrogen and oxygen atoms in total. The first-order valence-electron chi connectivity index (χ1n) is 9.30. The molecule has 0 saturated carbocycles. The standard InChI is InChI=1S/C20H23N3O2.C2H6/c1-23(2)11-10-15-12-22-19-16(20(21)24)8-9-17(18(15)19)25-13-14-6-4-3-5-7-14;1-2/h3-9,12,22H,10-11,13H2,1-2H3,(H2,21,24);1-2H3. The molecule has 2 aromatic carbocycles. The van der Waals surface area contributed by atoms with Gasteiger partial charge in [0, 0.05) is 18.1 Å². The van der Waals surface area contributed by atoms with Gasteiger partial charge in [-0.3, -0.25) is 4.79 Å². The number of carbonyl (C=O) groups is 1. The number of carbonyl (C=O) groups excluding carboxylic acids is 1. The van der Waals surface area contributed by atoms with Gasteiger partial charge in [-0.1, -0.05) is 44.2 Å². The van der Waals surface area contributed by atoms with Gasteiger partial charge in [0.05, 0.1) is 11.1 Å². The van der Waals surface area contributed by atoms with Gasteiger partial charge in [-0.15, -0.1) is 0 Å². The summed E-state index contributed by atoms with van der Waals surface area (Å²) in [6.45, 7) is 5.38. The number of rotatable bonds is 7. The van der Waals surface area contributed by atoms with E-state index in [0.717, 1.165) is 40.7 Å². The van der Waals surface area contributed by atoms with Crippen LogP contribution in [0.1, 0.15) is 35.3 Å². The summed E-state index contributed by atoms with van der Waals surface area (Å²) < 4.78 is 6.06. The minimum absolute atomic E-state index is 0.444. The zero-order valence-corrected chi connectivity index (χ0v) is 16.6. The van der Waals surface area contributed by atoms with Gasteiger partial charge in [0.15, 0.2) is 0 Å². The maximum absolute atomic E-state index is 11.7. The number of fused-ring (bicyclic) bond motifs is 1. The normalized spacial score (nSPS) is 10.6. The molecule has 0 fully saturated rings. The van der Waals surface area contributed by atoms with Crippen molar-refractivity contribution in [2.75, 3.05) is 20.6 Å². The molecule has 0 spiro atoms. The van der Waals surface area contributed by atoms with E-state index in [1.54, 1.807) is 6.07 Å². The van der Waals surface area contributed by atoms with Gasteiger partial charge in [0.1, 0.15) is 12.4 Å². The molecule has 0 saturated heterocycles. The maximum Gasteiger partial charge on any atom is 0.250 e. The van der Waals surface area contributed by atoms with Crippen molar-refractivity contribution in [3.8, 4) is 5.75 Å². The molecule has 0 radical (unpaired) electrons. The van der Waals surface area contributed by atoms with Crippen molar-refractivity contribution in [3.05, 3.63) is 65.4 Å². The fourth-order valence-electron chi connectivity index (χ4n) is 2.89. The molecular weight excluding hydrogens is 338 g/mol. The Bertz CT molecular complexity index is 870. The van der Waals surface area contributed by atoms with E-state index in [-0.39, 0.29) is 0 Å². The van der Waals surface area contributed by atoms with E-state index in [2.05, 4.69) is 9.88 Å². The molecule has 0 unspecified atom stereocenters. The summed E-state index contributed by atoms with van der Waals surface area (Å²) in [6, 6.07) is 13.6. The van der Waals surface area contributed by atoms with E-state index in [1.165, 1.54) is 0 Å². The number of primary amides is 1. The summed E-state index contributed by atoms with van der Waals surface area (Å²) in [6.07, 6.45) is 2.80. The smallest absolute Gasteiger partial charge is 0.250 e. The van der Waals surface area contributed by atoms with Gasteiger partial charge >= 0.3 is 0 Å². The van der Waals surface area contributed by atoms with Crippen LogP contribution in [0.5, 0.6) is 5.75 Å². The van der Waals surface area contributed by atoms with Gasteiger partial charge in [0.25, 0.3) is 5.91 Å². The number of hydrogen-bond acceptors (Lipinski definition) is 3. The monoisotopic (exact) mass is 367 g/mol. The Kier molecular flexibility index (Phi) is 7.44. The van der Waals surface area contributed by atoms with Crippen molar-refractivity contribution in [1.82, 2.24) is 9.88 Å². The minimum Gasteiger partial charge on any atom is -0.488 e. The summed E-state index contributed by atoms with van der Waals surface area (Å²) >= 11 is 0. The number of aromatic amines is 1. The number of amides is 1. The van der Waals surface area contributed by atoms with Crippen molar-refractivity contribution in [3.63, 3.8) is 0 Å². The quantitative estimate of drug-likeness (QED) is 0.663. The van der Waals surface area contributed by atoms with E-state index in [9.17, 15) is 4.79 Å². The lowest BCUT2D eigenvalue weighted by Gasteiger charge is -2.12. The molecule has 27 heavy (non-hydrogen) atoms. The third-order valence-electron chi connectivity index (χ3n) is 4.21. The average Bonchev–Trinajstić information content (AvgIpc) is 3.11. The Labute approximate surface area is 161 Å². The molecule has 3 N–H and O–H groups in total. The molecule has 144 valence electrons. The molecule has 0 aliphatic rings. The zero-order chi connectivity index (χ0) is 19.8. The Morgan fingerprint density at radius 1 is 1.11 bits per heavy atom. The minimum atomic E-state index is -0.444. The molecule has 3 aromatic rings. The summed E-state index contributed by atoms with van der Waals surface area (Å²) in [5.41, 5.74) is 8.96. The average molecular weight is 367 g/mol. The number of nitrogens with zero attached hydrogens (tertiary/aromatic N) is 1. The molecule has 3 rings (SSSR count). The zero-order valence-electron chi connectivity index (χ0n) is 16.6. The molecule has 0 bridgehead atoms. The predicted octanol–water partition coefficient (Wildman–Crippen LogP) is 3.98. The summed E-state index contributed by atoms with van der Waals surface area (Å²) in [4.78, 5) is 17.1. The third-order valence-corrected chi connectivity index (χ3v) is 4.21. The number of likely N-dealkylation sites (N-methyl/N-ethyl adjacent to an activating group) is 1. The van der Waals surface area contributed by atoms with Crippen LogP contribution in [0.2, 0.25) is 0 Å². The van der Waals surface area contributed by atoms with Crippen LogP contribution in [0, 0.1) is 0 Å². The van der Waals surface area contributed by atoms with Gasteiger partial charge < -0.3 is 20.4 Å². The number of hydrogen-bond donors (Lipinski definition) is 2. The lowest BCUT2D eigenvalue weighted by atomic mass is 10.1. The van der Waals surface area contributed by atoms with Crippen molar-refractivity contribution in [2.24, 2.45) is 5.73 Å². The first kappa shape index (κ1) is 20.5. The van der Waals surface area contributed by atoms with E-state index < -0.39 is 5.91 Å². The fourth-order valence-corrected chi connectivity index (χ4v) is 2.89. The van der Waals surface area contributed by atoms with Gasteiger partial charge in [0.2, 0.25) is 0 Å². The van der Waals surface area contributed by atoms with E-state index in [0.29, 0.717) is 12.2 Å². The van der Waals surface area contributed by atoms with E-state index >= 15 is 0 Å². The fraction of sp³-hybridized carbons (Fsp3) is 0.318. The highest BCUT2D eigenvalue weighted by Crippen LogP contribution is 2.32. The van der Waals surface area contributed by atoms with Crippen LogP contribution < -0.4 is 10.5 Å². The highest BCUT2D eigenvalue weighted by molar-refractivity contribution is 6.07. The molecule has 1 aromatic heterocycles. The van der Waals surface area contributed by atoms with Gasteiger partial charge in [-0.2, -0.15) is 0 Å². The van der Waals surface area contributed by atoms with Crippen LogP contribution in [-0.4, -0.2) is 36.4 Å². The summed E-state index contributed by atoms with van der Waals surface area (Å²) in [5.74, 6) is 0.319. The maximum atomic E-state index is 11.7. The highest BCUT2D eigenvalue weighted by Gasteiger charge is 2.16. The third kappa shape index (κ3) is 5.11. The molecule has 1 amide bonds. The number of H-pyrrole nitrogens is 1. The molecule has 0 atom stereocenters. The van der Waals surface area contributed by atoms with E-state index in [4.69, 9.17) is 10.5 Å². The molecule has 1 heterocycles. The second-order valence-electron chi connectivity index (χ2n) is 6.37. The molecule has 0 aliphatic heterocycles. The Morgan fingerprint density at radius 2 is 1.81 bits per heavy atom. The molecule has 5 heteroatoms. The van der Waals surface area contributed by atoms with Crippen molar-refractivity contribution < 1.29 is 9.53 Å². The Hall–Kier alpha value is -2.79. The van der Waals surface area contributed by atoms with Crippen molar-refractivity contribution >= 4 is 16.8 Å². The number of benzene rings is 2. The van der Waals surface area contributed by atoms with Crippen LogP contribution in [-0.2, 0) is 13.0 Å². The topological polar surface area (TPSA) is 71.3 Å². The van der Waals surface area contributed by atoms with Crippen LogP contribution in [0.25, 0.3) is 10.9 Å². The van der Waals surface area contributed by atoms with E-state index in [1.807, 2.05) is 70.5 Å². The number of nitrogens with two attached hydrogens (primary N) is 1. The Morgan fingerprint density at radius 3 is 2.44 bits per heavy atom. The first-order valence-corrected chi connectivity index (χ1v) is 9.30. The predicted molar refractivity (Wildman–Crippen MR) is 111 cm³/mol. The molecular formula is C22H29N3O2. The van der Waals surface area contributed by atoms with Gasteiger partial charge in [-0.05, 0) is 43.8 Å². The number of ether oxygens (including phenoxy) is 1.